The van der Waals surface area contributed by atoms with Crippen LogP contribution in [-0.4, -0.2) is 35.0 Å². The van der Waals surface area contributed by atoms with Crippen LogP contribution < -0.4 is 20.1 Å². The van der Waals surface area contributed by atoms with Gasteiger partial charge in [0, 0.05) is 16.8 Å². The van der Waals surface area contributed by atoms with E-state index in [-0.39, 0.29) is 6.54 Å². The number of carbonyl (C=O) groups is 1. The van der Waals surface area contributed by atoms with Gasteiger partial charge in [0.2, 0.25) is 0 Å². The van der Waals surface area contributed by atoms with E-state index in [9.17, 15) is 4.79 Å². The highest BCUT2D eigenvalue weighted by molar-refractivity contribution is 7.98. The molecule has 37 heavy (non-hydrogen) atoms. The normalized spacial score (nSPS) is 10.7. The van der Waals surface area contributed by atoms with Gasteiger partial charge in [-0.3, -0.25) is 4.57 Å². The van der Waals surface area contributed by atoms with Gasteiger partial charge in [-0.25, -0.2) is 4.79 Å². The summed E-state index contributed by atoms with van der Waals surface area (Å²) in [5, 5.41) is 16.0. The Labute approximate surface area is 229 Å². The fraction of sp³-hybridized carbons (Fsp3) is 0.192. The van der Waals surface area contributed by atoms with Gasteiger partial charge < -0.3 is 20.1 Å². The van der Waals surface area contributed by atoms with Crippen LogP contribution in [0.15, 0.2) is 65.8 Å². The number of urea groups is 1. The molecule has 3 aromatic carbocycles. The lowest BCUT2D eigenvalue weighted by molar-refractivity contribution is 0.251. The van der Waals surface area contributed by atoms with Crippen LogP contribution >= 0.6 is 35.0 Å². The Hall–Kier alpha value is -3.40. The first-order valence-corrected chi connectivity index (χ1v) is 13.0. The van der Waals surface area contributed by atoms with Gasteiger partial charge in [0.05, 0.1) is 37.2 Å². The van der Waals surface area contributed by atoms with Crippen LogP contribution in [-0.2, 0) is 12.3 Å². The Morgan fingerprint density at radius 2 is 1.84 bits per heavy atom. The molecule has 0 atom stereocenters. The molecule has 4 aromatic rings. The average Bonchev–Trinajstić information content (AvgIpc) is 3.31. The molecule has 0 bridgehead atoms. The lowest BCUT2D eigenvalue weighted by atomic mass is 10.1. The summed E-state index contributed by atoms with van der Waals surface area (Å²) in [6.07, 6.45) is 0. The number of nitrogens with one attached hydrogen (secondary N) is 2. The first-order chi connectivity index (χ1) is 17.9. The van der Waals surface area contributed by atoms with Crippen molar-refractivity contribution in [2.75, 3.05) is 19.5 Å². The molecule has 0 aliphatic rings. The molecule has 2 amide bonds. The van der Waals surface area contributed by atoms with E-state index in [2.05, 4.69) is 39.9 Å². The Morgan fingerprint density at radius 3 is 2.59 bits per heavy atom. The number of rotatable bonds is 9. The Morgan fingerprint density at radius 1 is 1.03 bits per heavy atom. The van der Waals surface area contributed by atoms with Crippen LogP contribution in [0.25, 0.3) is 5.69 Å². The highest BCUT2D eigenvalue weighted by atomic mass is 35.5. The average molecular weight is 558 g/mol. The molecule has 192 valence electrons. The summed E-state index contributed by atoms with van der Waals surface area (Å²) >= 11 is 14.3. The minimum atomic E-state index is -0.440. The van der Waals surface area contributed by atoms with Crippen molar-refractivity contribution in [2.24, 2.45) is 0 Å². The van der Waals surface area contributed by atoms with Crippen LogP contribution in [0.5, 0.6) is 11.5 Å². The third kappa shape index (κ3) is 6.49. The van der Waals surface area contributed by atoms with Crippen LogP contribution in [0.3, 0.4) is 0 Å². The van der Waals surface area contributed by atoms with Gasteiger partial charge in [0.1, 0.15) is 11.5 Å². The zero-order valence-corrected chi connectivity index (χ0v) is 22.7. The monoisotopic (exact) mass is 557 g/mol. The van der Waals surface area contributed by atoms with Gasteiger partial charge in [-0.05, 0) is 48.4 Å². The largest absolute Gasteiger partial charge is 0.497 e. The second-order valence-electron chi connectivity index (χ2n) is 7.92. The lowest BCUT2D eigenvalue weighted by Crippen LogP contribution is -2.29. The number of aromatic nitrogens is 3. The molecule has 0 unspecified atom stereocenters. The van der Waals surface area contributed by atoms with Crippen molar-refractivity contribution in [3.05, 3.63) is 87.7 Å². The van der Waals surface area contributed by atoms with E-state index < -0.39 is 6.03 Å². The third-order valence-corrected chi connectivity index (χ3v) is 7.06. The molecule has 8 nitrogen and oxygen atoms in total. The zero-order chi connectivity index (χ0) is 26.4. The number of aryl methyl sites for hydroxylation is 1. The Kier molecular flexibility index (Phi) is 8.81. The smallest absolute Gasteiger partial charge is 0.319 e. The van der Waals surface area contributed by atoms with Crippen LogP contribution in [0.1, 0.15) is 17.0 Å². The lowest BCUT2D eigenvalue weighted by Gasteiger charge is -2.14. The van der Waals surface area contributed by atoms with Gasteiger partial charge in [-0.15, -0.1) is 10.2 Å². The number of halogens is 2. The predicted octanol–water partition coefficient (Wildman–Crippen LogP) is 6.51. The van der Waals surface area contributed by atoms with Gasteiger partial charge in [0.15, 0.2) is 11.0 Å². The molecule has 0 radical (unpaired) electrons. The number of thioether (sulfide) groups is 1. The van der Waals surface area contributed by atoms with E-state index in [0.29, 0.717) is 49.7 Å². The standard InChI is InChI=1S/C26H25Cl2N5O3S/c1-16-6-4-5-7-17(16)15-37-26-32-31-24(33(26)22-12-18(27)8-10-20(22)28)14-29-25(34)30-21-11-9-19(35-2)13-23(21)36-3/h4-13H,14-15H2,1-3H3,(H2,29,30,34). The van der Waals surface area contributed by atoms with Gasteiger partial charge in [0.25, 0.3) is 0 Å². The predicted molar refractivity (Wildman–Crippen MR) is 148 cm³/mol. The number of benzene rings is 3. The molecule has 0 aliphatic heterocycles. The number of hydrogen-bond donors (Lipinski definition) is 2. The molecule has 1 heterocycles. The van der Waals surface area contributed by atoms with Crippen molar-refractivity contribution in [1.29, 1.82) is 0 Å². The maximum atomic E-state index is 12.7. The van der Waals surface area contributed by atoms with Crippen molar-refractivity contribution < 1.29 is 14.3 Å². The first kappa shape index (κ1) is 26.7. The minimum absolute atomic E-state index is 0.0884. The van der Waals surface area contributed by atoms with Crippen LogP contribution in [0, 0.1) is 6.92 Å². The molecular formula is C26H25Cl2N5O3S. The molecule has 2 N–H and O–H groups in total. The SMILES string of the molecule is COc1ccc(NC(=O)NCc2nnc(SCc3ccccc3C)n2-c2cc(Cl)ccc2Cl)c(OC)c1. The molecule has 0 saturated carbocycles. The number of nitrogens with zero attached hydrogens (tertiary/aromatic N) is 3. The van der Waals surface area contributed by atoms with Crippen molar-refractivity contribution in [3.63, 3.8) is 0 Å². The quantitative estimate of drug-likeness (QED) is 0.228. The summed E-state index contributed by atoms with van der Waals surface area (Å²) in [5.41, 5.74) is 3.50. The molecule has 0 saturated heterocycles. The molecular weight excluding hydrogens is 533 g/mol. The van der Waals surface area contributed by atoms with Crippen molar-refractivity contribution >= 4 is 46.7 Å². The third-order valence-electron chi connectivity index (χ3n) is 5.53. The molecule has 0 aliphatic carbocycles. The molecule has 0 spiro atoms. The number of carbonyl (C=O) groups excluding carboxylic acids is 1. The molecule has 0 fully saturated rings. The minimum Gasteiger partial charge on any atom is -0.497 e. The summed E-state index contributed by atoms with van der Waals surface area (Å²) < 4.78 is 12.4. The highest BCUT2D eigenvalue weighted by Gasteiger charge is 2.19. The zero-order valence-electron chi connectivity index (χ0n) is 20.4. The maximum Gasteiger partial charge on any atom is 0.319 e. The first-order valence-electron chi connectivity index (χ1n) is 11.2. The summed E-state index contributed by atoms with van der Waals surface area (Å²) in [6.45, 7) is 2.16. The molecule has 11 heteroatoms. The van der Waals surface area contributed by atoms with Crippen molar-refractivity contribution in [2.45, 2.75) is 24.4 Å². The van der Waals surface area contributed by atoms with Gasteiger partial charge in [-0.1, -0.05) is 59.2 Å². The Balaban J connectivity index is 1.56. The second kappa shape index (κ2) is 12.2. The van der Waals surface area contributed by atoms with E-state index in [1.165, 1.54) is 30.0 Å². The van der Waals surface area contributed by atoms with Crippen molar-refractivity contribution in [3.8, 4) is 17.2 Å². The van der Waals surface area contributed by atoms with Gasteiger partial charge in [-0.2, -0.15) is 0 Å². The van der Waals surface area contributed by atoms with Gasteiger partial charge >= 0.3 is 6.03 Å². The van der Waals surface area contributed by atoms with E-state index in [1.54, 1.807) is 43.5 Å². The highest BCUT2D eigenvalue weighted by Crippen LogP contribution is 2.32. The second-order valence-corrected chi connectivity index (χ2v) is 9.71. The van der Waals surface area contributed by atoms with E-state index in [4.69, 9.17) is 32.7 Å². The maximum absolute atomic E-state index is 12.7. The Bertz CT molecular complexity index is 1410. The summed E-state index contributed by atoms with van der Waals surface area (Å²) in [6, 6.07) is 18.0. The van der Waals surface area contributed by atoms with E-state index >= 15 is 0 Å². The summed E-state index contributed by atoms with van der Waals surface area (Å²) in [7, 11) is 3.08. The number of amides is 2. The number of anilines is 1. The van der Waals surface area contributed by atoms with Crippen molar-refractivity contribution in [1.82, 2.24) is 20.1 Å². The fourth-order valence-electron chi connectivity index (χ4n) is 3.55. The molecule has 4 rings (SSSR count). The fourth-order valence-corrected chi connectivity index (χ4v) is 4.96. The van der Waals surface area contributed by atoms with Crippen LogP contribution in [0.2, 0.25) is 10.0 Å². The summed E-state index contributed by atoms with van der Waals surface area (Å²) in [4.78, 5) is 12.7. The van der Waals surface area contributed by atoms with E-state index in [1.807, 2.05) is 16.7 Å². The summed E-state index contributed by atoms with van der Waals surface area (Å²) in [5.74, 6) is 2.27. The number of hydrogen-bond acceptors (Lipinski definition) is 6. The number of ether oxygens (including phenoxy) is 2. The van der Waals surface area contributed by atoms with E-state index in [0.717, 1.165) is 0 Å². The number of methoxy groups -OCH3 is 2. The van der Waals surface area contributed by atoms with Crippen LogP contribution in [0.4, 0.5) is 10.5 Å². The topological polar surface area (TPSA) is 90.3 Å². The molecule has 1 aromatic heterocycles.